The Kier molecular flexibility index (Phi) is 24.7. The summed E-state index contributed by atoms with van der Waals surface area (Å²) in [5.74, 6) is 0. The highest BCUT2D eigenvalue weighted by Gasteiger charge is 1.89. The van der Waals surface area contributed by atoms with Crippen LogP contribution in [0.3, 0.4) is 0 Å². The van der Waals surface area contributed by atoms with E-state index in [2.05, 4.69) is 27.0 Å². The van der Waals surface area contributed by atoms with Crippen LogP contribution in [-0.2, 0) is 0 Å². The van der Waals surface area contributed by atoms with E-state index >= 15 is 0 Å². The second-order valence-electron chi connectivity index (χ2n) is 2.56. The fourth-order valence-electron chi connectivity index (χ4n) is 0.567. The van der Waals surface area contributed by atoms with Crippen LogP contribution >= 0.6 is 0 Å². The normalized spacial score (nSPS) is 7.23. The van der Waals surface area contributed by atoms with Crippen LogP contribution in [0.25, 0.3) is 0 Å². The smallest absolute Gasteiger partial charge is 0.0286 e. The minimum absolute atomic E-state index is 1.10. The van der Waals surface area contributed by atoms with Crippen LogP contribution in [0.5, 0.6) is 0 Å². The lowest BCUT2D eigenvalue weighted by Crippen LogP contribution is -1.79. The summed E-state index contributed by atoms with van der Waals surface area (Å²) >= 11 is 0. The third-order valence-corrected chi connectivity index (χ3v) is 1.41. The van der Waals surface area contributed by atoms with E-state index in [9.17, 15) is 0 Å². The first-order valence-corrected chi connectivity index (χ1v) is 5.47. The van der Waals surface area contributed by atoms with Crippen LogP contribution in [0.15, 0.2) is 24.3 Å². The van der Waals surface area contributed by atoms with Gasteiger partial charge in [0.25, 0.3) is 0 Å². The van der Waals surface area contributed by atoms with Gasteiger partial charge in [0.2, 0.25) is 0 Å². The Hall–Kier alpha value is -0.520. The van der Waals surface area contributed by atoms with E-state index < -0.39 is 0 Å². The average molecular weight is 184 g/mol. The van der Waals surface area contributed by atoms with Gasteiger partial charge in [0.05, 0.1) is 0 Å². The molecule has 0 amide bonds. The zero-order chi connectivity index (χ0) is 11.3. The third-order valence-electron chi connectivity index (χ3n) is 1.41. The highest BCUT2D eigenvalue weighted by molar-refractivity contribution is 4.98. The Morgan fingerprint density at radius 1 is 0.923 bits per heavy atom. The van der Waals surface area contributed by atoms with Crippen LogP contribution in [0.2, 0.25) is 0 Å². The second-order valence-corrected chi connectivity index (χ2v) is 2.56. The molecular formula is C13H28. The van der Waals surface area contributed by atoms with Crippen molar-refractivity contribution < 1.29 is 0 Å². The van der Waals surface area contributed by atoms with E-state index in [1.165, 1.54) is 11.1 Å². The van der Waals surface area contributed by atoms with Crippen LogP contribution in [0.1, 0.15) is 60.8 Å². The van der Waals surface area contributed by atoms with Gasteiger partial charge in [-0.3, -0.25) is 0 Å². The van der Waals surface area contributed by atoms with Crippen molar-refractivity contribution in [3.8, 4) is 0 Å². The van der Waals surface area contributed by atoms with Crippen LogP contribution in [-0.4, -0.2) is 0 Å². The standard InChI is InChI=1S/C9H16.2C2H6/c1-5-9(4)7-6-8(2)3;2*1-2/h2,4-7H2,1,3H3;2*1-2H3. The molecule has 0 N–H and O–H groups in total. The molecule has 0 bridgehead atoms. The summed E-state index contributed by atoms with van der Waals surface area (Å²) in [6.45, 7) is 19.9. The minimum atomic E-state index is 1.10. The highest BCUT2D eigenvalue weighted by atomic mass is 14.0. The predicted octanol–water partition coefficient (Wildman–Crippen LogP) is 5.36. The van der Waals surface area contributed by atoms with Crippen molar-refractivity contribution in [1.82, 2.24) is 0 Å². The van der Waals surface area contributed by atoms with Crippen molar-refractivity contribution in [2.45, 2.75) is 60.8 Å². The lowest BCUT2D eigenvalue weighted by Gasteiger charge is -1.99. The third kappa shape index (κ3) is 24.6. The molecule has 0 heterocycles. The van der Waals surface area contributed by atoms with Gasteiger partial charge in [0, 0.05) is 0 Å². The maximum Gasteiger partial charge on any atom is -0.0286 e. The monoisotopic (exact) mass is 184 g/mol. The topological polar surface area (TPSA) is 0 Å². The molecule has 0 unspecified atom stereocenters. The molecule has 0 nitrogen and oxygen atoms in total. The summed E-state index contributed by atoms with van der Waals surface area (Å²) < 4.78 is 0. The molecule has 0 rings (SSSR count). The summed E-state index contributed by atoms with van der Waals surface area (Å²) in [6, 6.07) is 0. The zero-order valence-corrected chi connectivity index (χ0v) is 10.5. The van der Waals surface area contributed by atoms with Crippen molar-refractivity contribution in [2.24, 2.45) is 0 Å². The molecule has 0 heteroatoms. The highest BCUT2D eigenvalue weighted by Crippen LogP contribution is 2.09. The van der Waals surface area contributed by atoms with Crippen LogP contribution in [0.4, 0.5) is 0 Å². The van der Waals surface area contributed by atoms with Crippen LogP contribution in [0, 0.1) is 0 Å². The Balaban J connectivity index is -0.000000218. The van der Waals surface area contributed by atoms with Crippen LogP contribution < -0.4 is 0 Å². The van der Waals surface area contributed by atoms with Crippen molar-refractivity contribution in [3.63, 3.8) is 0 Å². The van der Waals surface area contributed by atoms with Gasteiger partial charge in [-0.1, -0.05) is 52.3 Å². The maximum absolute atomic E-state index is 3.90. The van der Waals surface area contributed by atoms with E-state index in [0.717, 1.165) is 19.3 Å². The molecule has 0 radical (unpaired) electrons. The van der Waals surface area contributed by atoms with Crippen molar-refractivity contribution in [2.75, 3.05) is 0 Å². The van der Waals surface area contributed by atoms with E-state index in [4.69, 9.17) is 0 Å². The van der Waals surface area contributed by atoms with E-state index in [1.807, 2.05) is 27.7 Å². The Morgan fingerprint density at radius 2 is 1.31 bits per heavy atom. The van der Waals surface area contributed by atoms with Gasteiger partial charge in [-0.15, -0.1) is 6.58 Å². The lowest BCUT2D eigenvalue weighted by atomic mass is 10.1. The molecular weight excluding hydrogens is 156 g/mol. The number of allylic oxidation sites excluding steroid dienone is 2. The Morgan fingerprint density at radius 3 is 1.54 bits per heavy atom. The molecule has 0 aromatic rings. The fraction of sp³-hybridized carbons (Fsp3) is 0.692. The maximum atomic E-state index is 3.90. The Labute approximate surface area is 85.8 Å². The summed E-state index contributed by atoms with van der Waals surface area (Å²) in [7, 11) is 0. The van der Waals surface area contributed by atoms with E-state index in [0.29, 0.717) is 0 Å². The summed E-state index contributed by atoms with van der Waals surface area (Å²) in [5, 5.41) is 0. The molecule has 0 aliphatic rings. The van der Waals surface area contributed by atoms with Gasteiger partial charge < -0.3 is 0 Å². The van der Waals surface area contributed by atoms with E-state index in [1.54, 1.807) is 0 Å². The second kappa shape index (κ2) is 17.5. The molecule has 0 aromatic heterocycles. The number of rotatable bonds is 4. The summed E-state index contributed by atoms with van der Waals surface area (Å²) in [4.78, 5) is 0. The molecule has 0 spiro atoms. The van der Waals surface area contributed by atoms with Crippen molar-refractivity contribution in [3.05, 3.63) is 24.3 Å². The molecule has 0 aromatic carbocycles. The van der Waals surface area contributed by atoms with Gasteiger partial charge in [-0.05, 0) is 26.2 Å². The first kappa shape index (κ1) is 18.3. The molecule has 0 atom stereocenters. The van der Waals surface area contributed by atoms with Crippen molar-refractivity contribution >= 4 is 0 Å². The number of hydrogen-bond donors (Lipinski definition) is 0. The first-order chi connectivity index (χ1) is 6.16. The fourth-order valence-corrected chi connectivity index (χ4v) is 0.567. The van der Waals surface area contributed by atoms with E-state index in [-0.39, 0.29) is 0 Å². The van der Waals surface area contributed by atoms with Gasteiger partial charge in [-0.2, -0.15) is 0 Å². The minimum Gasteiger partial charge on any atom is -0.100 e. The van der Waals surface area contributed by atoms with Gasteiger partial charge >= 0.3 is 0 Å². The molecule has 80 valence electrons. The lowest BCUT2D eigenvalue weighted by molar-refractivity contribution is 0.882. The molecule has 0 saturated heterocycles. The predicted molar refractivity (Wildman–Crippen MR) is 66.2 cm³/mol. The summed E-state index contributed by atoms with van der Waals surface area (Å²) in [5.41, 5.74) is 2.59. The molecule has 0 fully saturated rings. The van der Waals surface area contributed by atoms with Crippen molar-refractivity contribution in [1.29, 1.82) is 0 Å². The van der Waals surface area contributed by atoms with Gasteiger partial charge in [0.15, 0.2) is 0 Å². The first-order valence-electron chi connectivity index (χ1n) is 5.47. The number of hydrogen-bond acceptors (Lipinski definition) is 0. The average Bonchev–Trinajstić information content (AvgIpc) is 2.20. The molecule has 13 heavy (non-hydrogen) atoms. The molecule has 0 aliphatic heterocycles. The summed E-state index contributed by atoms with van der Waals surface area (Å²) in [6.07, 6.45) is 3.33. The zero-order valence-electron chi connectivity index (χ0n) is 10.5. The molecule has 0 saturated carbocycles. The Bertz CT molecular complexity index is 109. The quantitative estimate of drug-likeness (QED) is 0.516. The molecule has 0 aliphatic carbocycles. The SMILES string of the molecule is C=C(C)CCC(=C)CC.CC.CC. The largest absolute Gasteiger partial charge is 0.100 e. The van der Waals surface area contributed by atoms with Gasteiger partial charge in [0.1, 0.15) is 0 Å². The van der Waals surface area contributed by atoms with Gasteiger partial charge in [-0.25, -0.2) is 0 Å².